The lowest BCUT2D eigenvalue weighted by molar-refractivity contribution is -0.128. The number of rotatable bonds is 8. The summed E-state index contributed by atoms with van der Waals surface area (Å²) in [6.45, 7) is 3.77. The first-order chi connectivity index (χ1) is 10.7. The minimum Gasteiger partial charge on any atom is -0.396 e. The topological polar surface area (TPSA) is 85.6 Å². The van der Waals surface area contributed by atoms with Gasteiger partial charge in [0.05, 0.1) is 30.9 Å². The predicted octanol–water partition coefficient (Wildman–Crippen LogP) is 0.494. The zero-order chi connectivity index (χ0) is 15.9. The van der Waals surface area contributed by atoms with Crippen LogP contribution in [0.2, 0.25) is 0 Å². The predicted molar refractivity (Wildman–Crippen MR) is 80.2 cm³/mol. The van der Waals surface area contributed by atoms with Crippen LogP contribution < -0.4 is 5.32 Å². The van der Waals surface area contributed by atoms with E-state index in [9.17, 15) is 4.79 Å². The molecule has 0 aliphatic carbocycles. The van der Waals surface area contributed by atoms with Gasteiger partial charge >= 0.3 is 0 Å². The van der Waals surface area contributed by atoms with Crippen molar-refractivity contribution in [1.82, 2.24) is 15.1 Å². The van der Waals surface area contributed by atoms with Crippen LogP contribution in [0.4, 0.5) is 0 Å². The van der Waals surface area contributed by atoms with E-state index in [4.69, 9.17) is 14.6 Å². The summed E-state index contributed by atoms with van der Waals surface area (Å²) >= 11 is 0. The zero-order valence-corrected chi connectivity index (χ0v) is 13.2. The molecule has 7 nitrogen and oxygen atoms in total. The SMILES string of the molecule is CCn1cc([C@H]2OCC[C@@H]2C(=O)N[C@@H](CCO)COC)cn1. The molecule has 1 aliphatic heterocycles. The molecule has 2 N–H and O–H groups in total. The third-order valence-electron chi connectivity index (χ3n) is 3.93. The van der Waals surface area contributed by atoms with Gasteiger partial charge < -0.3 is 19.9 Å². The molecule has 7 heteroatoms. The van der Waals surface area contributed by atoms with Crippen molar-refractivity contribution in [3.63, 3.8) is 0 Å². The second-order valence-corrected chi connectivity index (χ2v) is 5.49. The first-order valence-electron chi connectivity index (χ1n) is 7.73. The number of hydrogen-bond acceptors (Lipinski definition) is 5. The summed E-state index contributed by atoms with van der Waals surface area (Å²) in [4.78, 5) is 12.5. The molecule has 0 aromatic carbocycles. The van der Waals surface area contributed by atoms with Gasteiger partial charge in [0.2, 0.25) is 5.91 Å². The van der Waals surface area contributed by atoms with Crippen molar-refractivity contribution in [2.75, 3.05) is 26.9 Å². The molecule has 1 aliphatic rings. The van der Waals surface area contributed by atoms with E-state index in [1.54, 1.807) is 13.3 Å². The van der Waals surface area contributed by atoms with Gasteiger partial charge in [0.15, 0.2) is 0 Å². The average molecular weight is 311 g/mol. The number of carbonyl (C=O) groups excluding carboxylic acids is 1. The Balaban J connectivity index is 2.01. The van der Waals surface area contributed by atoms with E-state index in [1.807, 2.05) is 17.8 Å². The van der Waals surface area contributed by atoms with Crippen molar-refractivity contribution < 1.29 is 19.4 Å². The van der Waals surface area contributed by atoms with E-state index >= 15 is 0 Å². The Morgan fingerprint density at radius 3 is 3.14 bits per heavy atom. The molecule has 0 unspecified atom stereocenters. The van der Waals surface area contributed by atoms with Crippen molar-refractivity contribution >= 4 is 5.91 Å². The molecule has 1 amide bonds. The third kappa shape index (κ3) is 4.06. The summed E-state index contributed by atoms with van der Waals surface area (Å²) in [6, 6.07) is -0.179. The summed E-state index contributed by atoms with van der Waals surface area (Å²) in [5, 5.41) is 16.3. The highest BCUT2D eigenvalue weighted by Crippen LogP contribution is 2.34. The lowest BCUT2D eigenvalue weighted by Gasteiger charge is -2.22. The van der Waals surface area contributed by atoms with Crippen molar-refractivity contribution in [1.29, 1.82) is 0 Å². The second kappa shape index (κ2) is 8.26. The fraction of sp³-hybridized carbons (Fsp3) is 0.733. The Hall–Kier alpha value is -1.44. The van der Waals surface area contributed by atoms with Gasteiger partial charge in [-0.05, 0) is 19.8 Å². The number of aliphatic hydroxyl groups is 1. The number of nitrogens with zero attached hydrogens (tertiary/aromatic N) is 2. The Bertz CT molecular complexity index is 471. The number of aromatic nitrogens is 2. The van der Waals surface area contributed by atoms with Crippen LogP contribution in [-0.4, -0.2) is 53.8 Å². The highest BCUT2D eigenvalue weighted by molar-refractivity contribution is 5.80. The van der Waals surface area contributed by atoms with Crippen molar-refractivity contribution in [2.45, 2.75) is 38.5 Å². The van der Waals surface area contributed by atoms with Crippen LogP contribution in [0.25, 0.3) is 0 Å². The number of carbonyl (C=O) groups is 1. The molecule has 1 aromatic heterocycles. The van der Waals surface area contributed by atoms with Crippen LogP contribution in [-0.2, 0) is 20.8 Å². The molecule has 0 bridgehead atoms. The van der Waals surface area contributed by atoms with Gasteiger partial charge in [0.1, 0.15) is 0 Å². The van der Waals surface area contributed by atoms with Gasteiger partial charge in [-0.2, -0.15) is 5.10 Å². The summed E-state index contributed by atoms with van der Waals surface area (Å²) < 4.78 is 12.6. The van der Waals surface area contributed by atoms with Gasteiger partial charge in [0, 0.05) is 38.6 Å². The Morgan fingerprint density at radius 1 is 1.68 bits per heavy atom. The summed E-state index contributed by atoms with van der Waals surface area (Å²) in [6.07, 6.45) is 4.60. The van der Waals surface area contributed by atoms with Crippen LogP contribution >= 0.6 is 0 Å². The molecule has 22 heavy (non-hydrogen) atoms. The second-order valence-electron chi connectivity index (χ2n) is 5.49. The molecule has 2 heterocycles. The minimum absolute atomic E-state index is 0.0160. The fourth-order valence-corrected chi connectivity index (χ4v) is 2.75. The number of hydrogen-bond donors (Lipinski definition) is 2. The van der Waals surface area contributed by atoms with Crippen molar-refractivity contribution in [2.24, 2.45) is 5.92 Å². The fourth-order valence-electron chi connectivity index (χ4n) is 2.75. The van der Waals surface area contributed by atoms with Gasteiger partial charge in [-0.3, -0.25) is 9.48 Å². The number of nitrogens with one attached hydrogen (secondary N) is 1. The van der Waals surface area contributed by atoms with Crippen LogP contribution in [0.3, 0.4) is 0 Å². The molecular weight excluding hydrogens is 286 g/mol. The number of methoxy groups -OCH3 is 1. The van der Waals surface area contributed by atoms with Crippen LogP contribution in [0.5, 0.6) is 0 Å². The van der Waals surface area contributed by atoms with Gasteiger partial charge in [0.25, 0.3) is 0 Å². The normalized spacial score (nSPS) is 22.7. The molecule has 1 saturated heterocycles. The lowest BCUT2D eigenvalue weighted by Crippen LogP contribution is -2.42. The van der Waals surface area contributed by atoms with Crippen LogP contribution in [0.1, 0.15) is 31.4 Å². The molecular formula is C15H25N3O4. The maximum absolute atomic E-state index is 12.5. The highest BCUT2D eigenvalue weighted by atomic mass is 16.5. The molecule has 0 spiro atoms. The first kappa shape index (κ1) is 16.9. The van der Waals surface area contributed by atoms with E-state index in [1.165, 1.54) is 0 Å². The van der Waals surface area contributed by atoms with Gasteiger partial charge in [-0.1, -0.05) is 0 Å². The summed E-state index contributed by atoms with van der Waals surface area (Å²) in [7, 11) is 1.58. The molecule has 2 rings (SSSR count). The first-order valence-corrected chi connectivity index (χ1v) is 7.73. The van der Waals surface area contributed by atoms with E-state index in [0.717, 1.165) is 12.1 Å². The molecule has 0 radical (unpaired) electrons. The molecule has 3 atom stereocenters. The van der Waals surface area contributed by atoms with Gasteiger partial charge in [-0.25, -0.2) is 0 Å². The van der Waals surface area contributed by atoms with Crippen molar-refractivity contribution in [3.05, 3.63) is 18.0 Å². The summed E-state index contributed by atoms with van der Waals surface area (Å²) in [5.74, 6) is -0.283. The lowest BCUT2D eigenvalue weighted by atomic mass is 9.96. The Morgan fingerprint density at radius 2 is 2.50 bits per heavy atom. The van der Waals surface area contributed by atoms with Crippen molar-refractivity contribution in [3.8, 4) is 0 Å². The number of amides is 1. The van der Waals surface area contributed by atoms with E-state index in [0.29, 0.717) is 26.1 Å². The average Bonchev–Trinajstić information content (AvgIpc) is 3.16. The zero-order valence-electron chi connectivity index (χ0n) is 13.2. The molecule has 1 fully saturated rings. The van der Waals surface area contributed by atoms with E-state index in [2.05, 4.69) is 10.4 Å². The number of aliphatic hydroxyl groups excluding tert-OH is 1. The smallest absolute Gasteiger partial charge is 0.226 e. The third-order valence-corrected chi connectivity index (χ3v) is 3.93. The Labute approximate surface area is 130 Å². The maximum Gasteiger partial charge on any atom is 0.226 e. The quantitative estimate of drug-likeness (QED) is 0.730. The monoisotopic (exact) mass is 311 g/mol. The molecule has 0 saturated carbocycles. The number of ether oxygens (including phenoxy) is 2. The minimum atomic E-state index is -0.252. The molecule has 124 valence electrons. The largest absolute Gasteiger partial charge is 0.396 e. The Kier molecular flexibility index (Phi) is 6.35. The summed E-state index contributed by atoms with van der Waals surface area (Å²) in [5.41, 5.74) is 0.935. The van der Waals surface area contributed by atoms with E-state index in [-0.39, 0.29) is 30.6 Å². The molecule has 1 aromatic rings. The van der Waals surface area contributed by atoms with E-state index < -0.39 is 0 Å². The highest BCUT2D eigenvalue weighted by Gasteiger charge is 2.36. The van der Waals surface area contributed by atoms with Gasteiger partial charge in [-0.15, -0.1) is 0 Å². The van der Waals surface area contributed by atoms with Crippen LogP contribution in [0.15, 0.2) is 12.4 Å². The van der Waals surface area contributed by atoms with Crippen LogP contribution in [0, 0.1) is 5.92 Å². The number of aryl methyl sites for hydroxylation is 1. The standard InChI is InChI=1S/C15H25N3O4/c1-3-18-9-11(8-16-18)14-13(5-7-22-14)15(20)17-12(4-6-19)10-21-2/h8-9,12-14,19H,3-7,10H2,1-2H3,(H,17,20)/t12-,13-,14+/m0/s1. The maximum atomic E-state index is 12.5.